The molecule has 1 heterocycles. The van der Waals surface area contributed by atoms with E-state index in [1.807, 2.05) is 0 Å². The number of carboxylic acid groups (broad SMARTS) is 1. The van der Waals surface area contributed by atoms with Crippen LogP contribution in [-0.2, 0) is 9.59 Å². The number of nitrogens with one attached hydrogen (secondary N) is 1. The number of pyridine rings is 1. The summed E-state index contributed by atoms with van der Waals surface area (Å²) in [6, 6.07) is 2.70. The van der Waals surface area contributed by atoms with Gasteiger partial charge in [-0.2, -0.15) is 0 Å². The second kappa shape index (κ2) is 6.42. The van der Waals surface area contributed by atoms with Gasteiger partial charge in [0.2, 0.25) is 5.91 Å². The molecule has 0 aliphatic carbocycles. The zero-order valence-corrected chi connectivity index (χ0v) is 9.46. The zero-order chi connectivity index (χ0) is 12.7. The van der Waals surface area contributed by atoms with Gasteiger partial charge in [0.05, 0.1) is 0 Å². The predicted octanol–water partition coefficient (Wildman–Crippen LogP) is 1.07. The van der Waals surface area contributed by atoms with Gasteiger partial charge < -0.3 is 10.4 Å². The third-order valence-electron chi connectivity index (χ3n) is 2.13. The van der Waals surface area contributed by atoms with E-state index in [0.717, 1.165) is 5.56 Å². The van der Waals surface area contributed by atoms with Crippen LogP contribution in [0.15, 0.2) is 30.6 Å². The van der Waals surface area contributed by atoms with Crippen LogP contribution in [0.5, 0.6) is 0 Å². The van der Waals surface area contributed by atoms with E-state index in [9.17, 15) is 9.59 Å². The Morgan fingerprint density at radius 3 is 2.88 bits per heavy atom. The summed E-state index contributed by atoms with van der Waals surface area (Å²) in [4.78, 5) is 26.0. The van der Waals surface area contributed by atoms with E-state index in [1.54, 1.807) is 37.5 Å². The summed E-state index contributed by atoms with van der Waals surface area (Å²) in [5.74, 6) is -1.46. The van der Waals surface area contributed by atoms with E-state index in [2.05, 4.69) is 10.3 Å². The number of hydrogen-bond acceptors (Lipinski definition) is 3. The van der Waals surface area contributed by atoms with Gasteiger partial charge in [-0.05, 0) is 24.1 Å². The maximum atomic E-state index is 11.4. The number of carboxylic acids is 1. The van der Waals surface area contributed by atoms with Gasteiger partial charge in [-0.15, -0.1) is 0 Å². The Bertz CT molecular complexity index is 415. The number of carbonyl (C=O) groups is 2. The number of rotatable bonds is 5. The van der Waals surface area contributed by atoms with Crippen molar-refractivity contribution in [2.24, 2.45) is 0 Å². The molecule has 5 heteroatoms. The van der Waals surface area contributed by atoms with Gasteiger partial charge in [0.15, 0.2) is 0 Å². The fraction of sp³-hybridized carbons (Fsp3) is 0.250. The highest BCUT2D eigenvalue weighted by molar-refractivity contribution is 5.94. The lowest BCUT2D eigenvalue weighted by Gasteiger charge is -2.09. The Morgan fingerprint density at radius 1 is 1.59 bits per heavy atom. The summed E-state index contributed by atoms with van der Waals surface area (Å²) < 4.78 is 0. The first-order valence-electron chi connectivity index (χ1n) is 5.25. The number of nitrogens with zero attached hydrogens (tertiary/aromatic N) is 1. The number of aromatic nitrogens is 1. The Kier molecular flexibility index (Phi) is 4.87. The summed E-state index contributed by atoms with van der Waals surface area (Å²) in [6.45, 7) is 1.70. The maximum Gasteiger partial charge on any atom is 0.326 e. The fourth-order valence-electron chi connectivity index (χ4n) is 1.20. The minimum atomic E-state index is -1.03. The first-order chi connectivity index (χ1) is 8.13. The average Bonchev–Trinajstić information content (AvgIpc) is 2.34. The summed E-state index contributed by atoms with van der Waals surface area (Å²) in [7, 11) is 0. The molecule has 1 amide bonds. The quantitative estimate of drug-likeness (QED) is 0.747. The van der Waals surface area contributed by atoms with Gasteiger partial charge in [0.1, 0.15) is 6.04 Å². The zero-order valence-electron chi connectivity index (χ0n) is 9.46. The van der Waals surface area contributed by atoms with Crippen molar-refractivity contribution in [3.05, 3.63) is 36.2 Å². The highest BCUT2D eigenvalue weighted by Crippen LogP contribution is 1.98. The summed E-state index contributed by atoms with van der Waals surface area (Å²) in [5, 5.41) is 11.1. The van der Waals surface area contributed by atoms with Crippen LogP contribution in [0.25, 0.3) is 6.08 Å². The molecular formula is C12H14N2O3. The van der Waals surface area contributed by atoms with E-state index < -0.39 is 17.9 Å². The van der Waals surface area contributed by atoms with E-state index in [4.69, 9.17) is 5.11 Å². The van der Waals surface area contributed by atoms with Crippen LogP contribution in [-0.4, -0.2) is 28.0 Å². The van der Waals surface area contributed by atoms with Crippen molar-refractivity contribution in [2.45, 2.75) is 19.4 Å². The molecule has 1 aromatic rings. The molecule has 1 atom stereocenters. The summed E-state index contributed by atoms with van der Waals surface area (Å²) in [6.07, 6.45) is 6.47. The number of amides is 1. The molecule has 17 heavy (non-hydrogen) atoms. The monoisotopic (exact) mass is 234 g/mol. The van der Waals surface area contributed by atoms with Gasteiger partial charge in [-0.1, -0.05) is 13.0 Å². The largest absolute Gasteiger partial charge is 0.480 e. The van der Waals surface area contributed by atoms with Crippen LogP contribution in [0.3, 0.4) is 0 Å². The molecule has 0 aliphatic rings. The Balaban J connectivity index is 2.55. The lowest BCUT2D eigenvalue weighted by molar-refractivity contribution is -0.141. The van der Waals surface area contributed by atoms with Crippen LogP contribution in [0.2, 0.25) is 0 Å². The molecule has 1 aromatic heterocycles. The molecule has 0 bridgehead atoms. The molecule has 0 aromatic carbocycles. The van der Waals surface area contributed by atoms with Crippen molar-refractivity contribution < 1.29 is 14.7 Å². The van der Waals surface area contributed by atoms with E-state index in [-0.39, 0.29) is 0 Å². The van der Waals surface area contributed by atoms with Crippen molar-refractivity contribution in [1.29, 1.82) is 0 Å². The average molecular weight is 234 g/mol. The lowest BCUT2D eigenvalue weighted by Crippen LogP contribution is -2.39. The number of carbonyl (C=O) groups excluding carboxylic acids is 1. The molecule has 0 saturated carbocycles. The maximum absolute atomic E-state index is 11.4. The highest BCUT2D eigenvalue weighted by atomic mass is 16.4. The molecule has 0 fully saturated rings. The Hall–Kier alpha value is -2.17. The van der Waals surface area contributed by atoms with Crippen LogP contribution >= 0.6 is 0 Å². The molecule has 1 rings (SSSR count). The van der Waals surface area contributed by atoms with Gasteiger partial charge in [-0.3, -0.25) is 9.78 Å². The number of hydrogen-bond donors (Lipinski definition) is 2. The third kappa shape index (κ3) is 4.46. The first kappa shape index (κ1) is 12.9. The molecule has 0 unspecified atom stereocenters. The van der Waals surface area contributed by atoms with E-state index in [0.29, 0.717) is 6.42 Å². The predicted molar refractivity (Wildman–Crippen MR) is 63.1 cm³/mol. The molecule has 5 nitrogen and oxygen atoms in total. The smallest absolute Gasteiger partial charge is 0.326 e. The molecule has 2 N–H and O–H groups in total. The molecule has 0 radical (unpaired) electrons. The topological polar surface area (TPSA) is 79.3 Å². The third-order valence-corrected chi connectivity index (χ3v) is 2.13. The van der Waals surface area contributed by atoms with Crippen LogP contribution < -0.4 is 5.32 Å². The van der Waals surface area contributed by atoms with Gasteiger partial charge in [0.25, 0.3) is 0 Å². The molecule has 0 saturated heterocycles. The van der Waals surface area contributed by atoms with Crippen molar-refractivity contribution in [3.8, 4) is 0 Å². The fourth-order valence-corrected chi connectivity index (χ4v) is 1.20. The van der Waals surface area contributed by atoms with Gasteiger partial charge >= 0.3 is 5.97 Å². The van der Waals surface area contributed by atoms with Crippen molar-refractivity contribution in [1.82, 2.24) is 10.3 Å². The number of aliphatic carboxylic acids is 1. The van der Waals surface area contributed by atoms with Gasteiger partial charge in [0, 0.05) is 18.5 Å². The summed E-state index contributed by atoms with van der Waals surface area (Å²) >= 11 is 0. The minimum Gasteiger partial charge on any atom is -0.480 e. The van der Waals surface area contributed by atoms with Crippen LogP contribution in [0.1, 0.15) is 18.9 Å². The molecular weight excluding hydrogens is 220 g/mol. The first-order valence-corrected chi connectivity index (χ1v) is 5.25. The Morgan fingerprint density at radius 2 is 2.35 bits per heavy atom. The minimum absolute atomic E-state index is 0.349. The Labute approximate surface area is 99.2 Å². The molecule has 0 aliphatic heterocycles. The SMILES string of the molecule is CC[C@H](NC(=O)/C=C/c1cccnc1)C(=O)O. The standard InChI is InChI=1S/C12H14N2O3/c1-2-10(12(16)17)14-11(15)6-5-9-4-3-7-13-8-9/h3-8,10H,2H2,1H3,(H,14,15)(H,16,17)/b6-5+/t10-/m0/s1. The summed E-state index contributed by atoms with van der Waals surface area (Å²) in [5.41, 5.74) is 0.783. The second-order valence-electron chi connectivity index (χ2n) is 3.43. The van der Waals surface area contributed by atoms with Gasteiger partial charge in [-0.25, -0.2) is 4.79 Å². The highest BCUT2D eigenvalue weighted by Gasteiger charge is 2.15. The van der Waals surface area contributed by atoms with E-state index >= 15 is 0 Å². The van der Waals surface area contributed by atoms with E-state index in [1.165, 1.54) is 6.08 Å². The van der Waals surface area contributed by atoms with Crippen molar-refractivity contribution >= 4 is 18.0 Å². The van der Waals surface area contributed by atoms with Crippen LogP contribution in [0.4, 0.5) is 0 Å². The second-order valence-corrected chi connectivity index (χ2v) is 3.43. The van der Waals surface area contributed by atoms with Crippen LogP contribution in [0, 0.1) is 0 Å². The molecule has 0 spiro atoms. The lowest BCUT2D eigenvalue weighted by atomic mass is 10.2. The van der Waals surface area contributed by atoms with Crippen molar-refractivity contribution in [2.75, 3.05) is 0 Å². The molecule has 90 valence electrons. The van der Waals surface area contributed by atoms with Crippen molar-refractivity contribution in [3.63, 3.8) is 0 Å². The normalized spacial score (nSPS) is 12.3.